The van der Waals surface area contributed by atoms with E-state index in [-0.39, 0.29) is 0 Å². The van der Waals surface area contributed by atoms with Gasteiger partial charge in [-0.2, -0.15) is 0 Å². The van der Waals surface area contributed by atoms with Crippen LogP contribution in [0.4, 0.5) is 0 Å². The first-order valence-electron chi connectivity index (χ1n) is 8.15. The largest absolute Gasteiger partial charge is 0.461 e. The van der Waals surface area contributed by atoms with Crippen molar-refractivity contribution in [2.75, 3.05) is 0 Å². The van der Waals surface area contributed by atoms with Gasteiger partial charge in [0.25, 0.3) is 0 Å². The first kappa shape index (κ1) is 16.4. The van der Waals surface area contributed by atoms with Crippen molar-refractivity contribution in [3.8, 4) is 11.1 Å². The topological polar surface area (TPSA) is 13.1 Å². The molecule has 116 valence electrons. The lowest BCUT2D eigenvalue weighted by atomic mass is 9.94. The molecule has 1 heterocycles. The number of benzene rings is 1. The minimum absolute atomic E-state index is 0.751. The molecule has 0 unspecified atom stereocenters. The van der Waals surface area contributed by atoms with E-state index < -0.39 is 0 Å². The van der Waals surface area contributed by atoms with Crippen LogP contribution in [0.25, 0.3) is 16.7 Å². The van der Waals surface area contributed by atoms with Gasteiger partial charge in [0.1, 0.15) is 11.5 Å². The number of furan rings is 1. The molecular formula is C21H26O. The summed E-state index contributed by atoms with van der Waals surface area (Å²) in [6.07, 6.45) is 7.38. The Bertz CT molecular complexity index is 631. The van der Waals surface area contributed by atoms with Crippen LogP contribution < -0.4 is 0 Å². The molecule has 0 saturated carbocycles. The summed E-state index contributed by atoms with van der Waals surface area (Å²) < 4.78 is 6.10. The number of rotatable bonds is 8. The zero-order valence-corrected chi connectivity index (χ0v) is 13.8. The van der Waals surface area contributed by atoms with Gasteiger partial charge in [0.15, 0.2) is 0 Å². The van der Waals surface area contributed by atoms with Gasteiger partial charge in [-0.3, -0.25) is 0 Å². The lowest BCUT2D eigenvalue weighted by molar-refractivity contribution is 0.516. The molecule has 0 saturated heterocycles. The molecule has 1 aromatic carbocycles. The lowest BCUT2D eigenvalue weighted by Crippen LogP contribution is -1.91. The number of unbranched alkanes of at least 4 members (excludes halogenated alkanes) is 2. The first-order chi connectivity index (χ1) is 10.7. The Balaban J connectivity index is 2.48. The van der Waals surface area contributed by atoms with E-state index >= 15 is 0 Å². The third-order valence-electron chi connectivity index (χ3n) is 4.01. The predicted octanol–water partition coefficient (Wildman–Crippen LogP) is 6.58. The lowest BCUT2D eigenvalue weighted by Gasteiger charge is -2.08. The van der Waals surface area contributed by atoms with Gasteiger partial charge < -0.3 is 4.42 Å². The number of aryl methyl sites for hydroxylation is 1. The highest BCUT2D eigenvalue weighted by Crippen LogP contribution is 2.38. The van der Waals surface area contributed by atoms with Crippen molar-refractivity contribution in [2.45, 2.75) is 46.0 Å². The van der Waals surface area contributed by atoms with Gasteiger partial charge in [-0.1, -0.05) is 62.8 Å². The average molecular weight is 294 g/mol. The Morgan fingerprint density at radius 1 is 1.18 bits per heavy atom. The van der Waals surface area contributed by atoms with Gasteiger partial charge in [-0.05, 0) is 37.3 Å². The van der Waals surface area contributed by atoms with E-state index in [0.29, 0.717) is 0 Å². The van der Waals surface area contributed by atoms with Gasteiger partial charge in [0.2, 0.25) is 0 Å². The summed E-state index contributed by atoms with van der Waals surface area (Å²) in [4.78, 5) is 0. The van der Waals surface area contributed by atoms with Crippen LogP contribution in [0, 0.1) is 6.92 Å². The summed E-state index contributed by atoms with van der Waals surface area (Å²) in [7, 11) is 0. The Hall–Kier alpha value is -2.02. The monoisotopic (exact) mass is 294 g/mol. The zero-order chi connectivity index (χ0) is 15.9. The van der Waals surface area contributed by atoms with Crippen LogP contribution in [0.1, 0.15) is 49.7 Å². The van der Waals surface area contributed by atoms with Crippen molar-refractivity contribution >= 4 is 5.57 Å². The molecule has 0 amide bonds. The molecule has 0 bridgehead atoms. The molecule has 0 spiro atoms. The van der Waals surface area contributed by atoms with E-state index in [1.807, 2.05) is 12.1 Å². The summed E-state index contributed by atoms with van der Waals surface area (Å²) in [5.74, 6) is 1.95. The van der Waals surface area contributed by atoms with Gasteiger partial charge in [-0.25, -0.2) is 0 Å². The predicted molar refractivity (Wildman–Crippen MR) is 96.0 cm³/mol. The van der Waals surface area contributed by atoms with E-state index in [2.05, 4.69) is 51.3 Å². The Morgan fingerprint density at radius 3 is 2.55 bits per heavy atom. The maximum absolute atomic E-state index is 6.10. The molecule has 0 aliphatic heterocycles. The van der Waals surface area contributed by atoms with Gasteiger partial charge in [-0.15, -0.1) is 6.58 Å². The maximum Gasteiger partial charge on any atom is 0.138 e. The summed E-state index contributed by atoms with van der Waals surface area (Å²) in [6.45, 7) is 12.3. The van der Waals surface area contributed by atoms with Gasteiger partial charge in [0, 0.05) is 11.1 Å². The third-order valence-corrected chi connectivity index (χ3v) is 4.01. The van der Waals surface area contributed by atoms with Crippen LogP contribution in [0.15, 0.2) is 54.0 Å². The van der Waals surface area contributed by atoms with Crippen LogP contribution in [0.2, 0.25) is 0 Å². The fourth-order valence-corrected chi connectivity index (χ4v) is 2.86. The van der Waals surface area contributed by atoms with Crippen LogP contribution in [0.5, 0.6) is 0 Å². The van der Waals surface area contributed by atoms with Crippen molar-refractivity contribution in [3.05, 3.63) is 66.6 Å². The summed E-state index contributed by atoms with van der Waals surface area (Å²) >= 11 is 0. The molecule has 2 aromatic rings. The van der Waals surface area contributed by atoms with Crippen LogP contribution in [-0.2, 0) is 6.42 Å². The Morgan fingerprint density at radius 2 is 1.91 bits per heavy atom. The number of hydrogen-bond acceptors (Lipinski definition) is 1. The van der Waals surface area contributed by atoms with Gasteiger partial charge in [0.05, 0.1) is 0 Å². The highest BCUT2D eigenvalue weighted by atomic mass is 16.3. The number of allylic oxidation sites excluding steroid dienone is 2. The highest BCUT2D eigenvalue weighted by Gasteiger charge is 2.20. The minimum Gasteiger partial charge on any atom is -0.461 e. The summed E-state index contributed by atoms with van der Waals surface area (Å²) in [5.41, 5.74) is 4.77. The average Bonchev–Trinajstić information content (AvgIpc) is 2.86. The van der Waals surface area contributed by atoms with E-state index in [1.165, 1.54) is 36.0 Å². The second-order valence-corrected chi connectivity index (χ2v) is 5.76. The SMILES string of the molecule is C=CCC(=C)c1oc(C)c(CCCCC)c1-c1ccccc1. The highest BCUT2D eigenvalue weighted by molar-refractivity contribution is 5.81. The fourth-order valence-electron chi connectivity index (χ4n) is 2.86. The molecular weight excluding hydrogens is 268 g/mol. The smallest absolute Gasteiger partial charge is 0.138 e. The van der Waals surface area contributed by atoms with Gasteiger partial charge >= 0.3 is 0 Å². The van der Waals surface area contributed by atoms with Crippen molar-refractivity contribution < 1.29 is 4.42 Å². The second kappa shape index (κ2) is 7.84. The van der Waals surface area contributed by atoms with E-state index in [4.69, 9.17) is 4.42 Å². The van der Waals surface area contributed by atoms with E-state index in [1.54, 1.807) is 0 Å². The second-order valence-electron chi connectivity index (χ2n) is 5.76. The molecule has 22 heavy (non-hydrogen) atoms. The number of hydrogen-bond donors (Lipinski definition) is 0. The van der Waals surface area contributed by atoms with Crippen molar-refractivity contribution in [1.29, 1.82) is 0 Å². The van der Waals surface area contributed by atoms with Crippen molar-refractivity contribution in [2.24, 2.45) is 0 Å². The zero-order valence-electron chi connectivity index (χ0n) is 13.8. The molecule has 1 aromatic heterocycles. The third kappa shape index (κ3) is 3.59. The minimum atomic E-state index is 0.751. The first-order valence-corrected chi connectivity index (χ1v) is 8.15. The molecule has 1 heteroatoms. The van der Waals surface area contributed by atoms with Crippen molar-refractivity contribution in [1.82, 2.24) is 0 Å². The molecule has 0 fully saturated rings. The van der Waals surface area contributed by atoms with Crippen LogP contribution in [0.3, 0.4) is 0 Å². The normalized spacial score (nSPS) is 10.6. The van der Waals surface area contributed by atoms with Crippen LogP contribution in [-0.4, -0.2) is 0 Å². The standard InChI is InChI=1S/C21H26O/c1-5-7-9-15-19-17(4)22-21(16(3)12-6-2)20(19)18-13-10-8-11-14-18/h6,8,10-11,13-14H,2-3,5,7,9,12,15H2,1,4H3. The molecule has 2 rings (SSSR count). The Labute approximate surface area is 134 Å². The quantitative estimate of drug-likeness (QED) is 0.396. The summed E-state index contributed by atoms with van der Waals surface area (Å²) in [6, 6.07) is 10.5. The Kier molecular flexibility index (Phi) is 5.83. The maximum atomic E-state index is 6.10. The molecule has 1 nitrogen and oxygen atoms in total. The molecule has 0 atom stereocenters. The van der Waals surface area contributed by atoms with E-state index in [9.17, 15) is 0 Å². The molecule has 0 N–H and O–H groups in total. The van der Waals surface area contributed by atoms with Crippen LogP contribution >= 0.6 is 0 Å². The summed E-state index contributed by atoms with van der Waals surface area (Å²) in [5, 5.41) is 0. The van der Waals surface area contributed by atoms with Crippen molar-refractivity contribution in [3.63, 3.8) is 0 Å². The van der Waals surface area contributed by atoms with E-state index in [0.717, 1.165) is 29.9 Å². The molecule has 0 aliphatic carbocycles. The molecule has 0 radical (unpaired) electrons. The fraction of sp³-hybridized carbons (Fsp3) is 0.333. The molecule has 0 aliphatic rings.